The molecule has 1 unspecified atom stereocenters. The molecule has 2 N–H and O–H groups in total. The van der Waals surface area contributed by atoms with Crippen LogP contribution in [0.1, 0.15) is 0 Å². The van der Waals surface area contributed by atoms with Gasteiger partial charge in [-0.05, 0) is 12.2 Å². The van der Waals surface area contributed by atoms with Crippen molar-refractivity contribution in [3.63, 3.8) is 0 Å². The van der Waals surface area contributed by atoms with Crippen molar-refractivity contribution in [2.75, 3.05) is 0 Å². The molecule has 1 atom stereocenters. The first-order valence-corrected chi connectivity index (χ1v) is 3.51. The van der Waals surface area contributed by atoms with Gasteiger partial charge in [0.15, 0.2) is 6.04 Å². The van der Waals surface area contributed by atoms with E-state index in [1.165, 1.54) is 5.01 Å². The maximum absolute atomic E-state index is 8.56. The Morgan fingerprint density at radius 1 is 1.80 bits per heavy atom. The summed E-state index contributed by atoms with van der Waals surface area (Å²) in [5, 5.41) is 9.91. The largest absolute Gasteiger partial charge is 0.296 e. The Bertz CT molecular complexity index is 226. The molecular weight excluding hydrogens is 194 g/mol. The highest BCUT2D eigenvalue weighted by molar-refractivity contribution is 9.11. The van der Waals surface area contributed by atoms with Crippen LogP contribution in [0.15, 0.2) is 22.8 Å². The number of hydrazine groups is 1. The van der Waals surface area contributed by atoms with Gasteiger partial charge >= 0.3 is 0 Å². The van der Waals surface area contributed by atoms with E-state index in [9.17, 15) is 0 Å². The molecule has 0 fully saturated rings. The third kappa shape index (κ3) is 1.20. The summed E-state index contributed by atoms with van der Waals surface area (Å²) in [5.74, 6) is 5.43. The zero-order valence-electron chi connectivity index (χ0n) is 5.16. The summed E-state index contributed by atoms with van der Waals surface area (Å²) in [4.78, 5) is 0. The van der Waals surface area contributed by atoms with Gasteiger partial charge in [0.2, 0.25) is 0 Å². The van der Waals surface area contributed by atoms with Crippen LogP contribution in [0.2, 0.25) is 0 Å². The van der Waals surface area contributed by atoms with Crippen molar-refractivity contribution in [3.8, 4) is 6.07 Å². The molecule has 1 aliphatic heterocycles. The maximum Gasteiger partial charge on any atom is 0.162 e. The number of hydrogen-bond donors (Lipinski definition) is 1. The van der Waals surface area contributed by atoms with Crippen molar-refractivity contribution in [2.24, 2.45) is 5.84 Å². The third-order valence-corrected chi connectivity index (χ3v) is 1.89. The SMILES string of the molecule is N#CC1C(Br)=CC=CN1N. The maximum atomic E-state index is 8.56. The second-order valence-corrected chi connectivity index (χ2v) is 2.79. The number of allylic oxidation sites excluding steroid dienone is 2. The molecule has 0 aromatic rings. The van der Waals surface area contributed by atoms with Crippen LogP contribution in [0.5, 0.6) is 0 Å². The Labute approximate surface area is 67.5 Å². The second-order valence-electron chi connectivity index (χ2n) is 1.87. The van der Waals surface area contributed by atoms with E-state index in [1.807, 2.05) is 6.07 Å². The summed E-state index contributed by atoms with van der Waals surface area (Å²) in [7, 11) is 0. The fourth-order valence-corrected chi connectivity index (χ4v) is 1.17. The van der Waals surface area contributed by atoms with Crippen LogP contribution >= 0.6 is 15.9 Å². The summed E-state index contributed by atoms with van der Waals surface area (Å²) in [6.45, 7) is 0. The molecule has 0 saturated carbocycles. The summed E-state index contributed by atoms with van der Waals surface area (Å²) in [6.07, 6.45) is 5.23. The Kier molecular flexibility index (Phi) is 2.10. The molecule has 0 aromatic carbocycles. The van der Waals surface area contributed by atoms with E-state index in [0.717, 1.165) is 4.48 Å². The van der Waals surface area contributed by atoms with Crippen molar-refractivity contribution < 1.29 is 0 Å². The van der Waals surface area contributed by atoms with Crippen molar-refractivity contribution >= 4 is 15.9 Å². The van der Waals surface area contributed by atoms with Crippen LogP contribution in [0, 0.1) is 11.3 Å². The molecule has 1 rings (SSSR count). The number of nitriles is 1. The molecule has 52 valence electrons. The zero-order valence-corrected chi connectivity index (χ0v) is 6.75. The third-order valence-electron chi connectivity index (χ3n) is 1.20. The van der Waals surface area contributed by atoms with E-state index in [1.54, 1.807) is 18.4 Å². The van der Waals surface area contributed by atoms with Crippen LogP contribution in [0.25, 0.3) is 0 Å². The van der Waals surface area contributed by atoms with E-state index in [0.29, 0.717) is 0 Å². The molecular formula is C6H6BrN3. The zero-order chi connectivity index (χ0) is 7.56. The van der Waals surface area contributed by atoms with E-state index in [4.69, 9.17) is 11.1 Å². The quantitative estimate of drug-likeness (QED) is 0.590. The highest BCUT2D eigenvalue weighted by atomic mass is 79.9. The molecule has 10 heavy (non-hydrogen) atoms. The normalized spacial score (nSPS) is 23.9. The first-order valence-electron chi connectivity index (χ1n) is 2.72. The lowest BCUT2D eigenvalue weighted by Crippen LogP contribution is -2.36. The predicted octanol–water partition coefficient (Wildman–Crippen LogP) is 0.860. The molecule has 3 nitrogen and oxygen atoms in total. The Hall–Kier alpha value is -0.790. The fraction of sp³-hybridized carbons (Fsp3) is 0.167. The molecule has 0 aliphatic carbocycles. The fourth-order valence-electron chi connectivity index (χ4n) is 0.682. The highest BCUT2D eigenvalue weighted by Gasteiger charge is 2.16. The highest BCUT2D eigenvalue weighted by Crippen LogP contribution is 2.17. The molecule has 0 aromatic heterocycles. The van der Waals surface area contributed by atoms with Gasteiger partial charge in [-0.1, -0.05) is 15.9 Å². The molecule has 0 amide bonds. The van der Waals surface area contributed by atoms with Crippen LogP contribution in [0.4, 0.5) is 0 Å². The summed E-state index contributed by atoms with van der Waals surface area (Å²) >= 11 is 3.22. The van der Waals surface area contributed by atoms with E-state index in [-0.39, 0.29) is 6.04 Å². The standard InChI is InChI=1S/C6H6BrN3/c7-5-2-1-3-10(9)6(5)4-8/h1-3,6H,9H2. The van der Waals surface area contributed by atoms with Gasteiger partial charge in [0.05, 0.1) is 6.07 Å². The number of nitrogens with zero attached hydrogens (tertiary/aromatic N) is 2. The van der Waals surface area contributed by atoms with Crippen molar-refractivity contribution in [2.45, 2.75) is 6.04 Å². The molecule has 0 radical (unpaired) electrons. The summed E-state index contributed by atoms with van der Waals surface area (Å²) in [6, 6.07) is 1.67. The predicted molar refractivity (Wildman–Crippen MR) is 41.6 cm³/mol. The summed E-state index contributed by atoms with van der Waals surface area (Å²) < 4.78 is 0.792. The average Bonchev–Trinajstić information content (AvgIpc) is 1.88. The van der Waals surface area contributed by atoms with Gasteiger partial charge in [-0.2, -0.15) is 5.26 Å². The van der Waals surface area contributed by atoms with Gasteiger partial charge < -0.3 is 0 Å². The smallest absolute Gasteiger partial charge is 0.162 e. The Balaban J connectivity index is 2.84. The van der Waals surface area contributed by atoms with E-state index in [2.05, 4.69) is 15.9 Å². The molecule has 1 heterocycles. The minimum atomic E-state index is -0.370. The second kappa shape index (κ2) is 2.86. The lowest BCUT2D eigenvalue weighted by molar-refractivity contribution is 0.376. The van der Waals surface area contributed by atoms with Crippen molar-refractivity contribution in [1.82, 2.24) is 5.01 Å². The van der Waals surface area contributed by atoms with Crippen LogP contribution in [0.3, 0.4) is 0 Å². The Morgan fingerprint density at radius 3 is 2.90 bits per heavy atom. The number of hydrogen-bond acceptors (Lipinski definition) is 3. The van der Waals surface area contributed by atoms with Gasteiger partial charge in [0.1, 0.15) is 0 Å². The topological polar surface area (TPSA) is 53.0 Å². The number of rotatable bonds is 0. The lowest BCUT2D eigenvalue weighted by atomic mass is 10.2. The van der Waals surface area contributed by atoms with Gasteiger partial charge in [-0.15, -0.1) is 0 Å². The Morgan fingerprint density at radius 2 is 2.50 bits per heavy atom. The monoisotopic (exact) mass is 199 g/mol. The van der Waals surface area contributed by atoms with Gasteiger partial charge in [-0.3, -0.25) is 5.01 Å². The van der Waals surface area contributed by atoms with Gasteiger partial charge in [0, 0.05) is 10.7 Å². The molecule has 0 bridgehead atoms. The van der Waals surface area contributed by atoms with E-state index < -0.39 is 0 Å². The minimum Gasteiger partial charge on any atom is -0.296 e. The van der Waals surface area contributed by atoms with Crippen molar-refractivity contribution in [3.05, 3.63) is 22.8 Å². The molecule has 4 heteroatoms. The number of nitrogens with two attached hydrogens (primary N) is 1. The van der Waals surface area contributed by atoms with Crippen LogP contribution < -0.4 is 5.84 Å². The molecule has 1 aliphatic rings. The minimum absolute atomic E-state index is 0.370. The molecule has 0 spiro atoms. The first kappa shape index (κ1) is 7.32. The van der Waals surface area contributed by atoms with Crippen LogP contribution in [-0.2, 0) is 0 Å². The molecule has 0 saturated heterocycles. The van der Waals surface area contributed by atoms with Crippen LogP contribution in [-0.4, -0.2) is 11.1 Å². The first-order chi connectivity index (χ1) is 4.75. The lowest BCUT2D eigenvalue weighted by Gasteiger charge is -2.21. The van der Waals surface area contributed by atoms with Crippen molar-refractivity contribution in [1.29, 1.82) is 5.26 Å². The van der Waals surface area contributed by atoms with E-state index >= 15 is 0 Å². The van der Waals surface area contributed by atoms with Gasteiger partial charge in [0.25, 0.3) is 0 Å². The number of halogens is 1. The van der Waals surface area contributed by atoms with Gasteiger partial charge in [-0.25, -0.2) is 5.84 Å². The average molecular weight is 200 g/mol. The summed E-state index contributed by atoms with van der Waals surface area (Å²) in [5.41, 5.74) is 0.